The Morgan fingerprint density at radius 2 is 2.33 bits per heavy atom. The van der Waals surface area contributed by atoms with Crippen LogP contribution in [0.2, 0.25) is 0 Å². The van der Waals surface area contributed by atoms with E-state index < -0.39 is 17.7 Å². The Labute approximate surface area is 77.1 Å². The number of halogens is 2. The Morgan fingerprint density at radius 1 is 1.75 bits per heavy atom. The van der Waals surface area contributed by atoms with E-state index in [1.165, 1.54) is 7.11 Å². The highest BCUT2D eigenvalue weighted by atomic mass is 35.5. The molecule has 2 atom stereocenters. The van der Waals surface area contributed by atoms with E-state index in [2.05, 4.69) is 10.1 Å². The number of hydrogen-bond donors (Lipinski definition) is 1. The molecule has 0 aromatic carbocycles. The molecule has 12 heavy (non-hydrogen) atoms. The number of esters is 1. The third-order valence-electron chi connectivity index (χ3n) is 1.98. The van der Waals surface area contributed by atoms with Crippen molar-refractivity contribution in [1.29, 1.82) is 0 Å². The first-order chi connectivity index (χ1) is 5.08. The minimum atomic E-state index is -0.931. The summed E-state index contributed by atoms with van der Waals surface area (Å²) in [6.07, 6.45) is -0.723. The van der Waals surface area contributed by atoms with Gasteiger partial charge in [0.05, 0.1) is 7.11 Å². The summed E-state index contributed by atoms with van der Waals surface area (Å²) in [6.45, 7) is 1.89. The third kappa shape index (κ3) is 2.08. The van der Waals surface area contributed by atoms with Gasteiger partial charge in [-0.1, -0.05) is 0 Å². The van der Waals surface area contributed by atoms with Crippen molar-refractivity contribution in [3.63, 3.8) is 0 Å². The Kier molecular flexibility index (Phi) is 3.93. The van der Waals surface area contributed by atoms with Gasteiger partial charge in [-0.05, 0) is 6.92 Å². The molecule has 1 fully saturated rings. The Bertz CT molecular complexity index is 179. The minimum Gasteiger partial charge on any atom is -0.468 e. The first kappa shape index (κ1) is 11.6. The van der Waals surface area contributed by atoms with Crippen molar-refractivity contribution < 1.29 is 13.9 Å². The molecular formula is C7H13ClFNO2. The molecule has 0 radical (unpaired) electrons. The maximum Gasteiger partial charge on any atom is 0.325 e. The predicted molar refractivity (Wildman–Crippen MR) is 45.2 cm³/mol. The molecule has 1 aliphatic heterocycles. The molecular weight excluding hydrogens is 185 g/mol. The molecule has 72 valence electrons. The molecule has 0 aromatic rings. The van der Waals surface area contributed by atoms with Crippen molar-refractivity contribution in [2.75, 3.05) is 13.7 Å². The van der Waals surface area contributed by atoms with Crippen LogP contribution in [0.15, 0.2) is 0 Å². The molecule has 1 unspecified atom stereocenters. The molecule has 0 saturated carbocycles. The highest BCUT2D eigenvalue weighted by Crippen LogP contribution is 2.22. The number of carbonyl (C=O) groups is 1. The lowest BCUT2D eigenvalue weighted by Crippen LogP contribution is -2.45. The Hall–Kier alpha value is -0.350. The van der Waals surface area contributed by atoms with Crippen LogP contribution in [0.3, 0.4) is 0 Å². The summed E-state index contributed by atoms with van der Waals surface area (Å²) in [5.74, 6) is -0.391. The topological polar surface area (TPSA) is 38.3 Å². The van der Waals surface area contributed by atoms with Gasteiger partial charge in [-0.3, -0.25) is 10.1 Å². The number of nitrogens with one attached hydrogen (secondary N) is 1. The average molecular weight is 198 g/mol. The largest absolute Gasteiger partial charge is 0.468 e. The van der Waals surface area contributed by atoms with E-state index in [0.717, 1.165) is 0 Å². The van der Waals surface area contributed by atoms with E-state index in [1.807, 2.05) is 0 Å². The van der Waals surface area contributed by atoms with Crippen LogP contribution in [-0.2, 0) is 9.53 Å². The molecule has 5 heteroatoms. The van der Waals surface area contributed by atoms with Crippen molar-refractivity contribution in [3.05, 3.63) is 0 Å². The number of carbonyl (C=O) groups excluding carboxylic acids is 1. The van der Waals surface area contributed by atoms with Crippen LogP contribution in [0.1, 0.15) is 13.3 Å². The third-order valence-corrected chi connectivity index (χ3v) is 1.98. The van der Waals surface area contributed by atoms with Crippen LogP contribution in [0.25, 0.3) is 0 Å². The maximum atomic E-state index is 12.6. The molecule has 0 spiro atoms. The predicted octanol–water partition coefficient (Wildman–Crippen LogP) is 0.671. The molecule has 1 aliphatic rings. The van der Waals surface area contributed by atoms with Crippen LogP contribution in [0.4, 0.5) is 4.39 Å². The van der Waals surface area contributed by atoms with Crippen LogP contribution < -0.4 is 5.32 Å². The van der Waals surface area contributed by atoms with Crippen molar-refractivity contribution >= 4 is 18.4 Å². The molecule has 1 rings (SSSR count). The highest BCUT2D eigenvalue weighted by molar-refractivity contribution is 5.85. The van der Waals surface area contributed by atoms with Gasteiger partial charge in [0.25, 0.3) is 0 Å². The van der Waals surface area contributed by atoms with Crippen molar-refractivity contribution in [1.82, 2.24) is 5.32 Å². The second-order valence-corrected chi connectivity index (χ2v) is 3.01. The first-order valence-electron chi connectivity index (χ1n) is 3.56. The number of hydrogen-bond acceptors (Lipinski definition) is 3. The average Bonchev–Trinajstić information content (AvgIpc) is 2.31. The van der Waals surface area contributed by atoms with Gasteiger partial charge in [-0.25, -0.2) is 4.39 Å². The Morgan fingerprint density at radius 3 is 2.67 bits per heavy atom. The molecule has 0 aliphatic carbocycles. The second kappa shape index (κ2) is 4.05. The Balaban J connectivity index is 0.00000121. The zero-order valence-corrected chi connectivity index (χ0v) is 7.91. The number of alkyl halides is 1. The monoisotopic (exact) mass is 197 g/mol. The molecule has 0 bridgehead atoms. The van der Waals surface area contributed by atoms with Crippen LogP contribution in [-0.4, -0.2) is 31.3 Å². The van der Waals surface area contributed by atoms with Gasteiger partial charge in [0.2, 0.25) is 0 Å². The first-order valence-corrected chi connectivity index (χ1v) is 3.56. The lowest BCUT2D eigenvalue weighted by molar-refractivity contribution is -0.147. The number of methoxy groups -OCH3 is 1. The summed E-state index contributed by atoms with van der Waals surface area (Å²) in [5, 5.41) is 2.78. The number of rotatable bonds is 1. The summed E-state index contributed by atoms with van der Waals surface area (Å²) >= 11 is 0. The quantitative estimate of drug-likeness (QED) is 0.628. The van der Waals surface area contributed by atoms with E-state index in [9.17, 15) is 9.18 Å². The van der Waals surface area contributed by atoms with Crippen LogP contribution >= 0.6 is 12.4 Å². The normalized spacial score (nSPS) is 34.1. The number of ether oxygens (including phenoxy) is 1. The second-order valence-electron chi connectivity index (χ2n) is 3.01. The molecule has 1 heterocycles. The van der Waals surface area contributed by atoms with Gasteiger partial charge >= 0.3 is 5.97 Å². The van der Waals surface area contributed by atoms with Crippen LogP contribution in [0, 0.1) is 0 Å². The summed E-state index contributed by atoms with van der Waals surface area (Å²) in [7, 11) is 1.31. The fraction of sp³-hybridized carbons (Fsp3) is 0.857. The lowest BCUT2D eigenvalue weighted by Gasteiger charge is -2.19. The highest BCUT2D eigenvalue weighted by Gasteiger charge is 2.41. The lowest BCUT2D eigenvalue weighted by atomic mass is 10.0. The van der Waals surface area contributed by atoms with E-state index in [4.69, 9.17) is 0 Å². The molecule has 3 nitrogen and oxygen atoms in total. The molecule has 0 amide bonds. The standard InChI is InChI=1S/C7H12FNO2.ClH/c1-7(6(10)11-2)3-5(8)4-9-7;/h5,9H,3-4H2,1-2H3;1H/t5?,7-;/m0./s1. The zero-order valence-electron chi connectivity index (χ0n) is 7.09. The fourth-order valence-electron chi connectivity index (χ4n) is 1.30. The minimum absolute atomic E-state index is 0. The molecule has 1 N–H and O–H groups in total. The van der Waals surface area contributed by atoms with E-state index in [0.29, 0.717) is 0 Å². The zero-order chi connectivity index (χ0) is 8.48. The summed E-state index contributed by atoms with van der Waals surface area (Å²) < 4.78 is 17.2. The summed E-state index contributed by atoms with van der Waals surface area (Å²) in [6, 6.07) is 0. The van der Waals surface area contributed by atoms with E-state index in [-0.39, 0.29) is 25.4 Å². The summed E-state index contributed by atoms with van der Waals surface area (Å²) in [5.41, 5.74) is -0.811. The van der Waals surface area contributed by atoms with Gasteiger partial charge in [0.1, 0.15) is 11.7 Å². The van der Waals surface area contributed by atoms with Gasteiger partial charge in [-0.2, -0.15) is 0 Å². The van der Waals surface area contributed by atoms with Gasteiger partial charge in [0, 0.05) is 13.0 Å². The summed E-state index contributed by atoms with van der Waals surface area (Å²) in [4.78, 5) is 11.0. The van der Waals surface area contributed by atoms with Crippen molar-refractivity contribution in [2.45, 2.75) is 25.1 Å². The molecule has 1 saturated heterocycles. The fourth-order valence-corrected chi connectivity index (χ4v) is 1.30. The molecule has 0 aromatic heterocycles. The van der Waals surface area contributed by atoms with Crippen molar-refractivity contribution in [3.8, 4) is 0 Å². The van der Waals surface area contributed by atoms with E-state index >= 15 is 0 Å². The maximum absolute atomic E-state index is 12.6. The van der Waals surface area contributed by atoms with Gasteiger partial charge in [0.15, 0.2) is 0 Å². The SMILES string of the molecule is COC(=O)[C@]1(C)CC(F)CN1.Cl. The van der Waals surface area contributed by atoms with Gasteiger partial charge in [-0.15, -0.1) is 12.4 Å². The van der Waals surface area contributed by atoms with Crippen molar-refractivity contribution in [2.24, 2.45) is 0 Å². The van der Waals surface area contributed by atoms with Gasteiger partial charge < -0.3 is 4.74 Å². The van der Waals surface area contributed by atoms with Crippen LogP contribution in [0.5, 0.6) is 0 Å². The van der Waals surface area contributed by atoms with E-state index in [1.54, 1.807) is 6.92 Å². The smallest absolute Gasteiger partial charge is 0.325 e.